The smallest absolute Gasteiger partial charge is 0.475 e. The molecule has 1 aliphatic heterocycles. The largest absolute Gasteiger partial charge is 0.490 e. The fourth-order valence-corrected chi connectivity index (χ4v) is 4.75. The maximum absolute atomic E-state index is 12.5. The fraction of sp³-hybridized carbons (Fsp3) is 0.333. The summed E-state index contributed by atoms with van der Waals surface area (Å²) in [6.45, 7) is 1.77. The van der Waals surface area contributed by atoms with Crippen LogP contribution < -0.4 is 10.0 Å². The number of hydrogen-bond acceptors (Lipinski definition) is 8. The highest BCUT2D eigenvalue weighted by Crippen LogP contribution is 2.22. The molecule has 3 N–H and O–H groups in total. The molecule has 178 valence electrons. The summed E-state index contributed by atoms with van der Waals surface area (Å²) in [6, 6.07) is 4.75. The van der Waals surface area contributed by atoms with E-state index in [0.29, 0.717) is 0 Å². The third-order valence-corrected chi connectivity index (χ3v) is 6.71. The van der Waals surface area contributed by atoms with Crippen LogP contribution >= 0.6 is 11.3 Å². The highest BCUT2D eigenvalue weighted by molar-refractivity contribution is 7.90. The minimum atomic E-state index is -5.08. The van der Waals surface area contributed by atoms with Gasteiger partial charge in [-0.1, -0.05) is 0 Å². The zero-order valence-electron chi connectivity index (χ0n) is 16.7. The molecule has 10 nitrogen and oxygen atoms in total. The molecule has 1 fully saturated rings. The van der Waals surface area contributed by atoms with E-state index in [2.05, 4.69) is 20.1 Å². The predicted molar refractivity (Wildman–Crippen MR) is 111 cm³/mol. The van der Waals surface area contributed by atoms with Gasteiger partial charge in [-0.3, -0.25) is 9.48 Å². The topological polar surface area (TPSA) is 143 Å². The predicted octanol–water partition coefficient (Wildman–Crippen LogP) is 2.17. The van der Waals surface area contributed by atoms with Gasteiger partial charge in [0.15, 0.2) is 0 Å². The van der Waals surface area contributed by atoms with Gasteiger partial charge in [-0.05, 0) is 37.6 Å². The third-order valence-electron chi connectivity index (χ3n) is 4.59. The standard InChI is InChI=1S/C16H17N5O3S2.C2HF3O2/c22-16(11-7-19-21(9-11)12-2-1-5-17-8-12)20-26(23,24)13-3-4-14-15(6-13)25-10-18-14;3-2(4,5)1(6)7/h3-4,6-7,9-10,12,17H,1-2,5,8H2,(H,20,22);(H,6,7). The van der Waals surface area contributed by atoms with Crippen molar-refractivity contribution >= 4 is 43.5 Å². The number of thiazole rings is 1. The van der Waals surface area contributed by atoms with Gasteiger partial charge in [-0.15, -0.1) is 11.3 Å². The van der Waals surface area contributed by atoms with E-state index in [4.69, 9.17) is 9.90 Å². The second kappa shape index (κ2) is 9.84. The van der Waals surface area contributed by atoms with Gasteiger partial charge in [0, 0.05) is 12.7 Å². The van der Waals surface area contributed by atoms with Crippen LogP contribution in [0.4, 0.5) is 13.2 Å². The monoisotopic (exact) mass is 505 g/mol. The van der Waals surface area contributed by atoms with E-state index in [1.165, 1.54) is 29.7 Å². The first-order valence-corrected chi connectivity index (χ1v) is 11.8. The molecule has 1 aliphatic rings. The van der Waals surface area contributed by atoms with Crippen molar-refractivity contribution in [3.8, 4) is 0 Å². The number of aromatic nitrogens is 3. The van der Waals surface area contributed by atoms with Crippen molar-refractivity contribution < 1.29 is 36.3 Å². The van der Waals surface area contributed by atoms with Crippen LogP contribution in [0.3, 0.4) is 0 Å². The minimum Gasteiger partial charge on any atom is -0.475 e. The van der Waals surface area contributed by atoms with Gasteiger partial charge in [-0.25, -0.2) is 22.9 Å². The number of nitrogens with zero attached hydrogens (tertiary/aromatic N) is 3. The Morgan fingerprint density at radius 3 is 2.67 bits per heavy atom. The number of piperidine rings is 1. The molecule has 0 radical (unpaired) electrons. The first-order valence-electron chi connectivity index (χ1n) is 9.43. The van der Waals surface area contributed by atoms with Crippen molar-refractivity contribution in [1.29, 1.82) is 0 Å². The summed E-state index contributed by atoms with van der Waals surface area (Å²) in [5, 5.41) is 14.6. The number of carboxylic acid groups (broad SMARTS) is 1. The van der Waals surface area contributed by atoms with Gasteiger partial charge in [0.05, 0.1) is 38.4 Å². The molecular weight excluding hydrogens is 487 g/mol. The number of hydrogen-bond donors (Lipinski definition) is 3. The number of nitrogens with one attached hydrogen (secondary N) is 2. The first-order chi connectivity index (χ1) is 15.5. The maximum atomic E-state index is 12.5. The molecule has 1 saturated heterocycles. The van der Waals surface area contributed by atoms with E-state index in [1.54, 1.807) is 22.5 Å². The molecule has 0 spiro atoms. The molecule has 33 heavy (non-hydrogen) atoms. The van der Waals surface area contributed by atoms with Gasteiger partial charge in [0.25, 0.3) is 15.9 Å². The molecule has 3 heterocycles. The van der Waals surface area contributed by atoms with E-state index in [-0.39, 0.29) is 16.5 Å². The normalized spacial score (nSPS) is 16.6. The lowest BCUT2D eigenvalue weighted by Gasteiger charge is -2.22. The summed E-state index contributed by atoms with van der Waals surface area (Å²) in [6.07, 6.45) is -0.0792. The number of alkyl halides is 3. The number of fused-ring (bicyclic) bond motifs is 1. The molecular formula is C18H18F3N5O5S2. The number of carboxylic acids is 1. The first kappa shape index (κ1) is 24.6. The Morgan fingerprint density at radius 1 is 1.30 bits per heavy atom. The number of amides is 1. The lowest BCUT2D eigenvalue weighted by Crippen LogP contribution is -2.32. The van der Waals surface area contributed by atoms with E-state index in [9.17, 15) is 26.4 Å². The second-order valence-corrected chi connectivity index (χ2v) is 9.50. The van der Waals surface area contributed by atoms with Crippen molar-refractivity contribution in [3.05, 3.63) is 41.7 Å². The maximum Gasteiger partial charge on any atom is 0.490 e. The molecule has 3 aromatic rings. The molecule has 15 heteroatoms. The lowest BCUT2D eigenvalue weighted by molar-refractivity contribution is -0.192. The summed E-state index contributed by atoms with van der Waals surface area (Å²) in [5.74, 6) is -3.45. The van der Waals surface area contributed by atoms with Gasteiger partial charge >= 0.3 is 12.1 Å². The number of rotatable bonds is 4. The van der Waals surface area contributed by atoms with E-state index < -0.39 is 28.1 Å². The van der Waals surface area contributed by atoms with E-state index in [0.717, 1.165) is 36.1 Å². The Morgan fingerprint density at radius 2 is 2.03 bits per heavy atom. The van der Waals surface area contributed by atoms with Crippen molar-refractivity contribution in [1.82, 2.24) is 24.8 Å². The molecule has 0 aliphatic carbocycles. The second-order valence-electron chi connectivity index (χ2n) is 6.93. The molecule has 4 rings (SSSR count). The summed E-state index contributed by atoms with van der Waals surface area (Å²) in [4.78, 5) is 25.4. The minimum absolute atomic E-state index is 0.0338. The molecule has 1 atom stereocenters. The molecule has 2 aromatic heterocycles. The SMILES string of the molecule is O=C(NS(=O)(=O)c1ccc2ncsc2c1)c1cnn(C2CCCNC2)c1.O=C(O)C(F)(F)F. The lowest BCUT2D eigenvalue weighted by atomic mass is 10.1. The van der Waals surface area contributed by atoms with E-state index in [1.807, 2.05) is 0 Å². The zero-order chi connectivity index (χ0) is 24.2. The average molecular weight is 506 g/mol. The average Bonchev–Trinajstić information content (AvgIpc) is 3.43. The van der Waals surface area contributed by atoms with Crippen LogP contribution in [0.25, 0.3) is 10.2 Å². The van der Waals surface area contributed by atoms with Crippen molar-refractivity contribution in [2.45, 2.75) is 30.0 Å². The van der Waals surface area contributed by atoms with Crippen molar-refractivity contribution in [2.24, 2.45) is 0 Å². The third kappa shape index (κ3) is 6.27. The van der Waals surface area contributed by atoms with Crippen LogP contribution in [0, 0.1) is 0 Å². The molecule has 1 aromatic carbocycles. The Balaban J connectivity index is 0.000000383. The Labute approximate surface area is 189 Å². The van der Waals surface area contributed by atoms with Gasteiger partial charge < -0.3 is 10.4 Å². The van der Waals surface area contributed by atoms with Crippen LogP contribution in [-0.2, 0) is 14.8 Å². The van der Waals surface area contributed by atoms with Crippen molar-refractivity contribution in [3.63, 3.8) is 0 Å². The summed E-state index contributed by atoms with van der Waals surface area (Å²) in [7, 11) is -3.96. The van der Waals surface area contributed by atoms with Crippen LogP contribution in [0.15, 0.2) is 41.0 Å². The molecule has 0 bridgehead atoms. The Hall–Kier alpha value is -3.04. The Kier molecular flexibility index (Phi) is 7.34. The number of carbonyl (C=O) groups is 2. The van der Waals surface area contributed by atoms with Gasteiger partial charge in [0.2, 0.25) is 0 Å². The van der Waals surface area contributed by atoms with Crippen LogP contribution in [-0.4, -0.2) is 59.4 Å². The van der Waals surface area contributed by atoms with Crippen LogP contribution in [0.5, 0.6) is 0 Å². The van der Waals surface area contributed by atoms with Crippen LogP contribution in [0.1, 0.15) is 29.2 Å². The Bertz CT molecular complexity index is 1250. The summed E-state index contributed by atoms with van der Waals surface area (Å²) >= 11 is 1.34. The quantitative estimate of drug-likeness (QED) is 0.490. The number of benzene rings is 1. The molecule has 0 saturated carbocycles. The number of sulfonamides is 1. The number of carbonyl (C=O) groups excluding carboxylic acids is 1. The van der Waals surface area contributed by atoms with Crippen LogP contribution in [0.2, 0.25) is 0 Å². The molecule has 1 amide bonds. The van der Waals surface area contributed by atoms with Crippen molar-refractivity contribution in [2.75, 3.05) is 13.1 Å². The zero-order valence-corrected chi connectivity index (χ0v) is 18.4. The number of halogens is 3. The molecule has 1 unspecified atom stereocenters. The summed E-state index contributed by atoms with van der Waals surface area (Å²) < 4.78 is 61.3. The number of aliphatic carboxylic acids is 1. The fourth-order valence-electron chi connectivity index (χ4n) is 2.96. The highest BCUT2D eigenvalue weighted by Gasteiger charge is 2.38. The summed E-state index contributed by atoms with van der Waals surface area (Å²) in [5.41, 5.74) is 2.59. The van der Waals surface area contributed by atoms with Gasteiger partial charge in [-0.2, -0.15) is 18.3 Å². The van der Waals surface area contributed by atoms with E-state index >= 15 is 0 Å². The highest BCUT2D eigenvalue weighted by atomic mass is 32.2. The van der Waals surface area contributed by atoms with Gasteiger partial charge in [0.1, 0.15) is 0 Å².